The minimum Gasteiger partial charge on any atom is -0.432 e. The highest BCUT2D eigenvalue weighted by Gasteiger charge is 2.49. The van der Waals surface area contributed by atoms with Crippen LogP contribution in [0, 0.1) is 5.92 Å². The summed E-state index contributed by atoms with van der Waals surface area (Å²) in [5.41, 5.74) is 1.04. The zero-order chi connectivity index (χ0) is 20.8. The van der Waals surface area contributed by atoms with Gasteiger partial charge in [0, 0.05) is 20.0 Å². The van der Waals surface area contributed by atoms with Crippen molar-refractivity contribution in [3.05, 3.63) is 12.2 Å². The molecule has 0 aromatic carbocycles. The Balaban J connectivity index is 3.13. The Hall–Kier alpha value is 0.0138. The molecule has 0 aromatic heterocycles. The summed E-state index contributed by atoms with van der Waals surface area (Å²) in [5, 5.41) is 10.9. The van der Waals surface area contributed by atoms with E-state index in [1.807, 2.05) is 13.1 Å². The summed E-state index contributed by atoms with van der Waals surface area (Å²) < 4.78 is 12.1. The zero-order valence-electron chi connectivity index (χ0n) is 18.7. The fraction of sp³-hybridized carbons (Fsp3) is 0.900. The van der Waals surface area contributed by atoms with E-state index >= 15 is 0 Å². The lowest BCUT2D eigenvalue weighted by molar-refractivity contribution is -0.218. The van der Waals surface area contributed by atoms with Crippen molar-refractivity contribution >= 4 is 16.6 Å². The molecule has 0 heterocycles. The van der Waals surface area contributed by atoms with Gasteiger partial charge in [-0.1, -0.05) is 41.2 Å². The van der Waals surface area contributed by atoms with Crippen LogP contribution >= 0.6 is 0 Å². The smallest absolute Gasteiger partial charge is 0.192 e. The molecule has 1 aliphatic carbocycles. The first-order valence-electron chi connectivity index (χ1n) is 9.72. The maximum atomic E-state index is 11.0. The molecule has 6 heteroatoms. The minimum absolute atomic E-state index is 0.0670. The van der Waals surface area contributed by atoms with E-state index in [-0.39, 0.29) is 22.1 Å². The number of hydrogen-bond donors (Lipinski definition) is 2. The monoisotopic (exact) mass is 402 g/mol. The zero-order valence-corrected chi connectivity index (χ0v) is 20.7. The molecule has 2 N–H and O–H groups in total. The van der Waals surface area contributed by atoms with E-state index in [9.17, 15) is 9.90 Å². The summed E-state index contributed by atoms with van der Waals surface area (Å²) in [6.07, 6.45) is 1.50. The minimum atomic E-state index is -2.35. The average Bonchev–Trinajstić information content (AvgIpc) is 2.41. The normalized spacial score (nSPS) is 29.2. The molecule has 0 radical (unpaired) electrons. The van der Waals surface area contributed by atoms with Gasteiger partial charge in [0.15, 0.2) is 22.4 Å². The molecule has 0 saturated heterocycles. The van der Waals surface area contributed by atoms with Crippen molar-refractivity contribution in [1.82, 2.24) is 0 Å². The Kier molecular flexibility index (Phi) is 6.89. The molecule has 4 nitrogen and oxygen atoms in total. The maximum absolute atomic E-state index is 11.0. The lowest BCUT2D eigenvalue weighted by Gasteiger charge is -2.48. The first kappa shape index (κ1) is 24.1. The van der Waals surface area contributed by atoms with Crippen LogP contribution in [0.15, 0.2) is 12.2 Å². The SMILES string of the molecule is C=C1[C@H](CC(C)(C)[Si](C)(C)O)C[C@@](O)(OC)C[C@H]1O[Si](C)(C)C(C)(C)C. The number of ether oxygens (including phenoxy) is 1. The maximum Gasteiger partial charge on any atom is 0.192 e. The van der Waals surface area contributed by atoms with E-state index in [4.69, 9.17) is 9.16 Å². The van der Waals surface area contributed by atoms with Crippen molar-refractivity contribution in [3.63, 3.8) is 0 Å². The molecule has 1 saturated carbocycles. The van der Waals surface area contributed by atoms with Crippen molar-refractivity contribution in [2.24, 2.45) is 5.92 Å². The fourth-order valence-corrected chi connectivity index (χ4v) is 5.21. The van der Waals surface area contributed by atoms with Gasteiger partial charge < -0.3 is 19.1 Å². The first-order chi connectivity index (χ1) is 11.4. The molecule has 26 heavy (non-hydrogen) atoms. The van der Waals surface area contributed by atoms with E-state index < -0.39 is 22.4 Å². The average molecular weight is 403 g/mol. The number of rotatable bonds is 6. The van der Waals surface area contributed by atoms with Crippen LogP contribution in [0.25, 0.3) is 0 Å². The molecule has 1 fully saturated rings. The van der Waals surface area contributed by atoms with Crippen LogP contribution in [0.1, 0.15) is 53.9 Å². The number of hydrogen-bond acceptors (Lipinski definition) is 4. The van der Waals surface area contributed by atoms with Crippen LogP contribution in [0.4, 0.5) is 0 Å². The van der Waals surface area contributed by atoms with E-state index in [0.717, 1.165) is 12.0 Å². The van der Waals surface area contributed by atoms with Crippen molar-refractivity contribution in [2.45, 2.75) is 102 Å². The molecule has 0 spiro atoms. The Morgan fingerprint density at radius 3 is 2.00 bits per heavy atom. The van der Waals surface area contributed by atoms with E-state index in [1.165, 1.54) is 0 Å². The van der Waals surface area contributed by atoms with Gasteiger partial charge in [-0.15, -0.1) is 0 Å². The third-order valence-electron chi connectivity index (χ3n) is 7.04. The van der Waals surface area contributed by atoms with Gasteiger partial charge in [0.2, 0.25) is 0 Å². The largest absolute Gasteiger partial charge is 0.432 e. The summed E-state index contributed by atoms with van der Waals surface area (Å²) in [6.45, 7) is 23.7. The van der Waals surface area contributed by atoms with Crippen LogP contribution in [0.5, 0.6) is 0 Å². The van der Waals surface area contributed by atoms with E-state index in [1.54, 1.807) is 7.11 Å². The van der Waals surface area contributed by atoms with Crippen molar-refractivity contribution in [3.8, 4) is 0 Å². The standard InChI is InChI=1S/C20H42O4Si2/c1-15-16(12-19(5,6)25(8,9)22)13-20(21,23-7)14-17(15)24-26(10,11)18(2,3)4/h16-17,21-22H,1,12-14H2,2-11H3/t16-,17-,20-/m1/s1. The second kappa shape index (κ2) is 7.45. The molecule has 1 rings (SSSR count). The Morgan fingerprint density at radius 1 is 1.12 bits per heavy atom. The highest BCUT2D eigenvalue weighted by Crippen LogP contribution is 2.50. The third-order valence-corrected chi connectivity index (χ3v) is 15.0. The lowest BCUT2D eigenvalue weighted by Crippen LogP contribution is -2.52. The van der Waals surface area contributed by atoms with Gasteiger partial charge in [-0.3, -0.25) is 0 Å². The van der Waals surface area contributed by atoms with Gasteiger partial charge >= 0.3 is 0 Å². The Labute approximate surface area is 163 Å². The molecule has 0 aliphatic heterocycles. The summed E-state index contributed by atoms with van der Waals surface area (Å²) in [5.74, 6) is -1.13. The van der Waals surface area contributed by atoms with Gasteiger partial charge in [-0.2, -0.15) is 0 Å². The topological polar surface area (TPSA) is 58.9 Å². The predicted octanol–water partition coefficient (Wildman–Crippen LogP) is 5.05. The van der Waals surface area contributed by atoms with Crippen LogP contribution in [-0.4, -0.2) is 45.5 Å². The van der Waals surface area contributed by atoms with Gasteiger partial charge in [0.05, 0.1) is 6.10 Å². The predicted molar refractivity (Wildman–Crippen MR) is 114 cm³/mol. The highest BCUT2D eigenvalue weighted by atomic mass is 28.4. The number of methoxy groups -OCH3 is 1. The molecular formula is C20H42O4Si2. The van der Waals surface area contributed by atoms with Gasteiger partial charge in [-0.25, -0.2) is 0 Å². The fourth-order valence-electron chi connectivity index (χ4n) is 3.17. The quantitative estimate of drug-likeness (QED) is 0.371. The van der Waals surface area contributed by atoms with Crippen molar-refractivity contribution in [2.75, 3.05) is 7.11 Å². The van der Waals surface area contributed by atoms with Crippen LogP contribution in [0.2, 0.25) is 36.3 Å². The molecule has 154 valence electrons. The summed E-state index contributed by atoms with van der Waals surface area (Å²) in [4.78, 5) is 10.7. The molecular weight excluding hydrogens is 360 g/mol. The van der Waals surface area contributed by atoms with Gasteiger partial charge in [0.1, 0.15) is 0 Å². The number of aliphatic hydroxyl groups is 1. The lowest BCUT2D eigenvalue weighted by atomic mass is 9.75. The van der Waals surface area contributed by atoms with Gasteiger partial charge in [0.25, 0.3) is 0 Å². The van der Waals surface area contributed by atoms with Gasteiger partial charge in [-0.05, 0) is 54.2 Å². The van der Waals surface area contributed by atoms with Crippen molar-refractivity contribution < 1.29 is 19.1 Å². The second-order valence-corrected chi connectivity index (χ2v) is 20.1. The molecule has 1 aliphatic rings. The molecule has 0 unspecified atom stereocenters. The third kappa shape index (κ3) is 5.29. The summed E-state index contributed by atoms with van der Waals surface area (Å²) >= 11 is 0. The van der Waals surface area contributed by atoms with Crippen LogP contribution in [0.3, 0.4) is 0 Å². The summed E-state index contributed by atoms with van der Waals surface area (Å²) in [7, 11) is -2.79. The molecule has 0 aromatic rings. The van der Waals surface area contributed by atoms with E-state index in [0.29, 0.717) is 12.8 Å². The van der Waals surface area contributed by atoms with E-state index in [2.05, 4.69) is 54.3 Å². The van der Waals surface area contributed by atoms with Crippen LogP contribution < -0.4 is 0 Å². The Morgan fingerprint density at radius 2 is 1.62 bits per heavy atom. The molecule has 0 bridgehead atoms. The molecule has 0 amide bonds. The first-order valence-corrected chi connectivity index (χ1v) is 15.6. The Bertz CT molecular complexity index is 475. The molecule has 3 atom stereocenters. The van der Waals surface area contributed by atoms with Crippen molar-refractivity contribution in [1.29, 1.82) is 0 Å². The van der Waals surface area contributed by atoms with Crippen LogP contribution in [-0.2, 0) is 9.16 Å². The summed E-state index contributed by atoms with van der Waals surface area (Å²) in [6, 6.07) is 0. The highest BCUT2D eigenvalue weighted by molar-refractivity contribution is 6.74. The second-order valence-electron chi connectivity index (χ2n) is 10.8.